The lowest BCUT2D eigenvalue weighted by atomic mass is 10.1. The number of hydrogen-bond donors (Lipinski definition) is 3. The fourth-order valence-corrected chi connectivity index (χ4v) is 4.19. The van der Waals surface area contributed by atoms with E-state index in [1.807, 2.05) is 66.5 Å². The molecule has 4 N–H and O–H groups in total. The van der Waals surface area contributed by atoms with Gasteiger partial charge in [-0.25, -0.2) is 4.79 Å². The number of rotatable bonds is 11. The number of urea groups is 1. The maximum absolute atomic E-state index is 12.5. The molecule has 0 unspecified atom stereocenters. The lowest BCUT2D eigenvalue weighted by Gasteiger charge is -2.23. The number of primary amides is 1. The van der Waals surface area contributed by atoms with Crippen LogP contribution in [0.3, 0.4) is 0 Å². The summed E-state index contributed by atoms with van der Waals surface area (Å²) in [5.74, 6) is 0.617. The fraction of sp³-hybridized carbons (Fsp3) is 0.333. The van der Waals surface area contributed by atoms with Gasteiger partial charge in [-0.15, -0.1) is 0 Å². The number of nitrogens with two attached hydrogens (primary N) is 1. The Morgan fingerprint density at radius 1 is 1.20 bits per heavy atom. The first-order valence-corrected chi connectivity index (χ1v) is 12.1. The molecule has 0 fully saturated rings. The van der Waals surface area contributed by atoms with Crippen molar-refractivity contribution in [1.29, 1.82) is 0 Å². The Kier molecular flexibility index (Phi) is 7.72. The van der Waals surface area contributed by atoms with E-state index in [1.54, 1.807) is 0 Å². The van der Waals surface area contributed by atoms with Crippen LogP contribution in [0.15, 0.2) is 61.1 Å². The molecule has 2 amide bonds. The van der Waals surface area contributed by atoms with E-state index in [0.717, 1.165) is 36.8 Å². The zero-order chi connectivity index (χ0) is 24.8. The Balaban J connectivity index is 1.45. The van der Waals surface area contributed by atoms with Gasteiger partial charge >= 0.3 is 6.03 Å². The van der Waals surface area contributed by atoms with Crippen LogP contribution in [0.1, 0.15) is 37.9 Å². The average Bonchev–Trinajstić information content (AvgIpc) is 3.47. The van der Waals surface area contributed by atoms with Gasteiger partial charge in [-0.2, -0.15) is 5.10 Å². The van der Waals surface area contributed by atoms with Crippen molar-refractivity contribution in [2.45, 2.75) is 39.7 Å². The second-order valence-corrected chi connectivity index (χ2v) is 8.79. The summed E-state index contributed by atoms with van der Waals surface area (Å²) in [6, 6.07) is 13.1. The van der Waals surface area contributed by atoms with E-state index in [4.69, 9.17) is 10.5 Å². The molecule has 2 aromatic carbocycles. The molecule has 0 saturated heterocycles. The van der Waals surface area contributed by atoms with Crippen LogP contribution in [0.2, 0.25) is 0 Å². The highest BCUT2D eigenvalue weighted by Crippen LogP contribution is 2.35. The third-order valence-electron chi connectivity index (χ3n) is 5.98. The first-order valence-electron chi connectivity index (χ1n) is 12.1. The van der Waals surface area contributed by atoms with Crippen molar-refractivity contribution in [3.05, 3.63) is 72.2 Å². The number of para-hydroxylation sites is 2. The highest BCUT2D eigenvalue weighted by molar-refractivity contribution is 6.02. The van der Waals surface area contributed by atoms with E-state index in [9.17, 15) is 4.79 Å². The topological polar surface area (TPSA) is 101 Å². The number of aromatic amines is 1. The maximum Gasteiger partial charge on any atom is 0.324 e. The molecule has 0 atom stereocenters. The summed E-state index contributed by atoms with van der Waals surface area (Å²) in [6.45, 7) is 8.40. The van der Waals surface area contributed by atoms with E-state index in [0.29, 0.717) is 29.8 Å². The van der Waals surface area contributed by atoms with Gasteiger partial charge in [0.15, 0.2) is 0 Å². The van der Waals surface area contributed by atoms with Crippen LogP contribution in [0, 0.1) is 0 Å². The number of carbonyl (C=O) groups excluding carboxylic acids is 1. The summed E-state index contributed by atoms with van der Waals surface area (Å²) in [5, 5.41) is 9.00. The molecule has 0 radical (unpaired) electrons. The van der Waals surface area contributed by atoms with Gasteiger partial charge < -0.3 is 20.8 Å². The normalized spacial score (nSPS) is 11.3. The number of nitrogens with zero attached hydrogens (tertiary/aromatic N) is 3. The molecule has 8 heteroatoms. The molecule has 8 nitrogen and oxygen atoms in total. The molecule has 0 bridgehead atoms. The van der Waals surface area contributed by atoms with E-state index in [1.165, 1.54) is 16.0 Å². The van der Waals surface area contributed by atoms with Gasteiger partial charge in [0.05, 0.1) is 24.2 Å². The van der Waals surface area contributed by atoms with Crippen LogP contribution in [0.5, 0.6) is 5.75 Å². The standard InChI is InChI=1S/C27H34N6O2/c1-4-35-26-8-6-5-7-25(26)33(27(28)34)22-9-10-24-23(15-22)21(17-30-24)12-14-29-13-11-20-16-31-32(18-20)19(2)3/h5-10,15-19,29-30H,4,11-14H2,1-3H3,(H2,28,34). The molecule has 2 aromatic heterocycles. The van der Waals surface area contributed by atoms with Crippen molar-refractivity contribution in [2.24, 2.45) is 5.73 Å². The molecule has 0 aliphatic rings. The summed E-state index contributed by atoms with van der Waals surface area (Å²) in [6.07, 6.45) is 7.89. The van der Waals surface area contributed by atoms with E-state index < -0.39 is 6.03 Å². The summed E-state index contributed by atoms with van der Waals surface area (Å²) in [4.78, 5) is 17.3. The number of anilines is 2. The van der Waals surface area contributed by atoms with Crippen LogP contribution < -0.4 is 20.7 Å². The molecular weight excluding hydrogens is 440 g/mol. The number of hydrogen-bond acceptors (Lipinski definition) is 4. The van der Waals surface area contributed by atoms with Crippen LogP contribution in [0.4, 0.5) is 16.2 Å². The van der Waals surface area contributed by atoms with E-state index in [-0.39, 0.29) is 0 Å². The van der Waals surface area contributed by atoms with Crippen LogP contribution in [0.25, 0.3) is 10.9 Å². The molecule has 2 heterocycles. The minimum atomic E-state index is -0.559. The molecule has 0 aliphatic heterocycles. The summed E-state index contributed by atoms with van der Waals surface area (Å²) in [7, 11) is 0. The second-order valence-electron chi connectivity index (χ2n) is 8.79. The van der Waals surface area contributed by atoms with Crippen molar-refractivity contribution in [1.82, 2.24) is 20.1 Å². The number of amides is 2. The number of carbonyl (C=O) groups is 1. The molecule has 184 valence electrons. The van der Waals surface area contributed by atoms with Gasteiger partial charge in [0, 0.05) is 29.3 Å². The molecule has 35 heavy (non-hydrogen) atoms. The van der Waals surface area contributed by atoms with Crippen molar-refractivity contribution in [3.8, 4) is 5.75 Å². The molecular formula is C27H34N6O2. The Morgan fingerprint density at radius 3 is 2.74 bits per heavy atom. The molecule has 4 aromatic rings. The van der Waals surface area contributed by atoms with Crippen molar-refractivity contribution in [3.63, 3.8) is 0 Å². The minimum Gasteiger partial charge on any atom is -0.492 e. The predicted octanol–water partition coefficient (Wildman–Crippen LogP) is 4.94. The fourth-order valence-electron chi connectivity index (χ4n) is 4.19. The van der Waals surface area contributed by atoms with Gasteiger partial charge in [-0.1, -0.05) is 12.1 Å². The molecule has 4 rings (SSSR count). The lowest BCUT2D eigenvalue weighted by molar-refractivity contribution is 0.255. The SMILES string of the molecule is CCOc1ccccc1N(C(N)=O)c1ccc2[nH]cc(CCNCCc3cnn(C(C)C)c3)c2c1. The quantitative estimate of drug-likeness (QED) is 0.268. The number of ether oxygens (including phenoxy) is 1. The number of fused-ring (bicyclic) bond motifs is 1. The van der Waals surface area contributed by atoms with Gasteiger partial charge in [0.1, 0.15) is 5.75 Å². The maximum atomic E-state index is 12.5. The number of aromatic nitrogens is 3. The number of H-pyrrole nitrogens is 1. The highest BCUT2D eigenvalue weighted by Gasteiger charge is 2.20. The summed E-state index contributed by atoms with van der Waals surface area (Å²) >= 11 is 0. The number of nitrogens with one attached hydrogen (secondary N) is 2. The summed E-state index contributed by atoms with van der Waals surface area (Å²) in [5.41, 5.74) is 10.6. The van der Waals surface area contributed by atoms with Crippen molar-refractivity contribution >= 4 is 28.3 Å². The first kappa shape index (κ1) is 24.3. The van der Waals surface area contributed by atoms with Gasteiger partial charge in [-0.3, -0.25) is 9.58 Å². The van der Waals surface area contributed by atoms with Crippen LogP contribution in [-0.4, -0.2) is 40.5 Å². The first-order chi connectivity index (χ1) is 17.0. The largest absolute Gasteiger partial charge is 0.492 e. The summed E-state index contributed by atoms with van der Waals surface area (Å²) < 4.78 is 7.72. The predicted molar refractivity (Wildman–Crippen MR) is 141 cm³/mol. The minimum absolute atomic E-state index is 0.376. The van der Waals surface area contributed by atoms with Crippen LogP contribution >= 0.6 is 0 Å². The molecule has 0 spiro atoms. The zero-order valence-corrected chi connectivity index (χ0v) is 20.6. The number of benzene rings is 2. The van der Waals surface area contributed by atoms with Gasteiger partial charge in [0.25, 0.3) is 0 Å². The highest BCUT2D eigenvalue weighted by atomic mass is 16.5. The van der Waals surface area contributed by atoms with Crippen molar-refractivity contribution < 1.29 is 9.53 Å². The smallest absolute Gasteiger partial charge is 0.324 e. The molecule has 0 aliphatic carbocycles. The van der Waals surface area contributed by atoms with Gasteiger partial charge in [-0.05, 0) is 88.2 Å². The Bertz CT molecular complexity index is 1280. The molecule has 0 saturated carbocycles. The second kappa shape index (κ2) is 11.1. The Labute approximate surface area is 206 Å². The van der Waals surface area contributed by atoms with Crippen molar-refractivity contribution in [2.75, 3.05) is 24.6 Å². The lowest BCUT2D eigenvalue weighted by Crippen LogP contribution is -2.31. The zero-order valence-electron chi connectivity index (χ0n) is 20.6. The monoisotopic (exact) mass is 474 g/mol. The Hall–Kier alpha value is -3.78. The van der Waals surface area contributed by atoms with E-state index in [2.05, 4.69) is 35.4 Å². The van der Waals surface area contributed by atoms with E-state index >= 15 is 0 Å². The third kappa shape index (κ3) is 5.66. The van der Waals surface area contributed by atoms with Gasteiger partial charge in [0.2, 0.25) is 0 Å². The third-order valence-corrected chi connectivity index (χ3v) is 5.98. The average molecular weight is 475 g/mol. The Morgan fingerprint density at radius 2 is 2.00 bits per heavy atom. The van der Waals surface area contributed by atoms with Crippen LogP contribution in [-0.2, 0) is 12.8 Å².